The molecule has 0 radical (unpaired) electrons. The van der Waals surface area contributed by atoms with Gasteiger partial charge in [-0.05, 0) is 50.4 Å². The van der Waals surface area contributed by atoms with Crippen LogP contribution in [0.5, 0.6) is 0 Å². The number of carbonyl (C=O) groups excluding carboxylic acids is 1. The Bertz CT molecular complexity index is 250. The van der Waals surface area contributed by atoms with E-state index in [9.17, 15) is 4.79 Å². The fraction of sp³-hybridized carbons (Fsp3) is 0.933. The molecule has 2 fully saturated rings. The first-order valence-electron chi connectivity index (χ1n) is 7.42. The zero-order valence-corrected chi connectivity index (χ0v) is 11.5. The van der Waals surface area contributed by atoms with Gasteiger partial charge in [0.2, 0.25) is 5.91 Å². The van der Waals surface area contributed by atoms with Gasteiger partial charge in [-0.3, -0.25) is 4.79 Å². The topological polar surface area (TPSA) is 20.3 Å². The summed E-state index contributed by atoms with van der Waals surface area (Å²) in [6.07, 6.45) is 11.1. The summed E-state index contributed by atoms with van der Waals surface area (Å²) in [6, 6.07) is 0.528. The average molecular weight is 237 g/mol. The number of hydrogen-bond acceptors (Lipinski definition) is 1. The van der Waals surface area contributed by atoms with Gasteiger partial charge in [0.15, 0.2) is 0 Å². The molecule has 0 atom stereocenters. The molecule has 0 aromatic heterocycles. The van der Waals surface area contributed by atoms with Crippen LogP contribution < -0.4 is 0 Å². The zero-order valence-electron chi connectivity index (χ0n) is 11.5. The molecule has 0 aromatic rings. The van der Waals surface area contributed by atoms with E-state index in [4.69, 9.17) is 0 Å². The molecular formula is C15H27NO. The third kappa shape index (κ3) is 3.46. The average Bonchev–Trinajstić information content (AvgIpc) is 2.82. The van der Waals surface area contributed by atoms with E-state index in [1.54, 1.807) is 0 Å². The molecule has 0 saturated heterocycles. The van der Waals surface area contributed by atoms with Crippen LogP contribution in [-0.2, 0) is 4.79 Å². The number of rotatable bonds is 3. The standard InChI is InChI=1S/C15H27NO/c1-12-7-9-14(10-8-12)16(2)15(17)11-13-5-3-4-6-13/h12-14H,3-11H2,1-2H3. The van der Waals surface area contributed by atoms with Crippen LogP contribution in [0, 0.1) is 11.8 Å². The number of amides is 1. The second-order valence-corrected chi connectivity index (χ2v) is 6.27. The monoisotopic (exact) mass is 237 g/mol. The highest BCUT2D eigenvalue weighted by Crippen LogP contribution is 2.30. The molecule has 2 heteroatoms. The summed E-state index contributed by atoms with van der Waals surface area (Å²) in [5, 5.41) is 0. The van der Waals surface area contributed by atoms with Crippen LogP contribution in [-0.4, -0.2) is 23.9 Å². The smallest absolute Gasteiger partial charge is 0.222 e. The summed E-state index contributed by atoms with van der Waals surface area (Å²) in [5.41, 5.74) is 0. The lowest BCUT2D eigenvalue weighted by Crippen LogP contribution is -2.39. The van der Waals surface area contributed by atoms with Gasteiger partial charge in [0.1, 0.15) is 0 Å². The van der Waals surface area contributed by atoms with Gasteiger partial charge < -0.3 is 4.90 Å². The van der Waals surface area contributed by atoms with Crippen LogP contribution in [0.4, 0.5) is 0 Å². The van der Waals surface area contributed by atoms with Gasteiger partial charge in [-0.25, -0.2) is 0 Å². The Morgan fingerprint density at radius 1 is 1.06 bits per heavy atom. The Morgan fingerprint density at radius 3 is 2.24 bits per heavy atom. The van der Waals surface area contributed by atoms with Crippen molar-refractivity contribution in [1.82, 2.24) is 4.90 Å². The van der Waals surface area contributed by atoms with Crippen molar-refractivity contribution in [3.63, 3.8) is 0 Å². The van der Waals surface area contributed by atoms with E-state index in [0.717, 1.165) is 12.3 Å². The Kier molecular flexibility index (Phi) is 4.47. The van der Waals surface area contributed by atoms with Crippen LogP contribution in [0.1, 0.15) is 64.7 Å². The van der Waals surface area contributed by atoms with Crippen molar-refractivity contribution < 1.29 is 4.79 Å². The Balaban J connectivity index is 1.77. The van der Waals surface area contributed by atoms with E-state index >= 15 is 0 Å². The van der Waals surface area contributed by atoms with Gasteiger partial charge in [-0.1, -0.05) is 19.8 Å². The lowest BCUT2D eigenvalue weighted by atomic mass is 9.86. The minimum Gasteiger partial charge on any atom is -0.343 e. The fourth-order valence-electron chi connectivity index (χ4n) is 3.44. The van der Waals surface area contributed by atoms with Crippen LogP contribution in [0.25, 0.3) is 0 Å². The minimum absolute atomic E-state index is 0.399. The summed E-state index contributed by atoms with van der Waals surface area (Å²) < 4.78 is 0. The Labute approximate surface area is 106 Å². The van der Waals surface area contributed by atoms with Crippen molar-refractivity contribution in [2.24, 2.45) is 11.8 Å². The van der Waals surface area contributed by atoms with Gasteiger partial charge >= 0.3 is 0 Å². The normalized spacial score (nSPS) is 30.5. The van der Waals surface area contributed by atoms with E-state index in [1.807, 2.05) is 7.05 Å². The predicted octanol–water partition coefficient (Wildman–Crippen LogP) is 3.60. The largest absolute Gasteiger partial charge is 0.343 e. The summed E-state index contributed by atoms with van der Waals surface area (Å²) in [6.45, 7) is 2.33. The molecule has 0 aromatic carbocycles. The molecule has 0 aliphatic heterocycles. The lowest BCUT2D eigenvalue weighted by Gasteiger charge is -2.34. The highest BCUT2D eigenvalue weighted by atomic mass is 16.2. The first-order chi connectivity index (χ1) is 8.16. The molecule has 2 aliphatic carbocycles. The molecule has 0 heterocycles. The van der Waals surface area contributed by atoms with Gasteiger partial charge in [0.25, 0.3) is 0 Å². The molecule has 2 nitrogen and oxygen atoms in total. The molecule has 98 valence electrons. The minimum atomic E-state index is 0.399. The predicted molar refractivity (Wildman–Crippen MR) is 70.8 cm³/mol. The van der Waals surface area contributed by atoms with E-state index in [2.05, 4.69) is 11.8 Å². The van der Waals surface area contributed by atoms with Crippen molar-refractivity contribution in [2.75, 3.05) is 7.05 Å². The Morgan fingerprint density at radius 2 is 1.65 bits per heavy atom. The molecule has 0 N–H and O–H groups in total. The summed E-state index contributed by atoms with van der Waals surface area (Å²) in [4.78, 5) is 14.3. The molecule has 0 unspecified atom stereocenters. The van der Waals surface area contributed by atoms with E-state index in [-0.39, 0.29) is 0 Å². The highest BCUT2D eigenvalue weighted by molar-refractivity contribution is 5.76. The van der Waals surface area contributed by atoms with Crippen LogP contribution >= 0.6 is 0 Å². The van der Waals surface area contributed by atoms with Crippen LogP contribution in [0.3, 0.4) is 0 Å². The molecule has 17 heavy (non-hydrogen) atoms. The lowest BCUT2D eigenvalue weighted by molar-refractivity contribution is -0.133. The molecule has 2 rings (SSSR count). The molecule has 2 saturated carbocycles. The van der Waals surface area contributed by atoms with Gasteiger partial charge in [0, 0.05) is 19.5 Å². The molecule has 0 spiro atoms. The van der Waals surface area contributed by atoms with Crippen molar-refractivity contribution >= 4 is 5.91 Å². The molecular weight excluding hydrogens is 210 g/mol. The summed E-state index contributed by atoms with van der Waals surface area (Å²) in [7, 11) is 2.03. The number of nitrogens with zero attached hydrogens (tertiary/aromatic N) is 1. The van der Waals surface area contributed by atoms with Crippen molar-refractivity contribution in [3.8, 4) is 0 Å². The van der Waals surface area contributed by atoms with E-state index < -0.39 is 0 Å². The fourth-order valence-corrected chi connectivity index (χ4v) is 3.44. The highest BCUT2D eigenvalue weighted by Gasteiger charge is 2.27. The van der Waals surface area contributed by atoms with Gasteiger partial charge in [-0.2, -0.15) is 0 Å². The molecule has 2 aliphatic rings. The van der Waals surface area contributed by atoms with Crippen LogP contribution in [0.2, 0.25) is 0 Å². The summed E-state index contributed by atoms with van der Waals surface area (Å²) >= 11 is 0. The summed E-state index contributed by atoms with van der Waals surface area (Å²) in [5.74, 6) is 1.95. The quantitative estimate of drug-likeness (QED) is 0.734. The third-order valence-electron chi connectivity index (χ3n) is 4.86. The van der Waals surface area contributed by atoms with Gasteiger partial charge in [-0.15, -0.1) is 0 Å². The first-order valence-corrected chi connectivity index (χ1v) is 7.42. The first kappa shape index (κ1) is 12.9. The molecule has 0 bridgehead atoms. The van der Waals surface area contributed by atoms with E-state index in [0.29, 0.717) is 17.9 Å². The SMILES string of the molecule is CC1CCC(N(C)C(=O)CC2CCCC2)CC1. The van der Waals surface area contributed by atoms with Crippen molar-refractivity contribution in [3.05, 3.63) is 0 Å². The zero-order chi connectivity index (χ0) is 12.3. The maximum absolute atomic E-state index is 12.2. The molecule has 1 amide bonds. The van der Waals surface area contributed by atoms with E-state index in [1.165, 1.54) is 51.4 Å². The van der Waals surface area contributed by atoms with Crippen LogP contribution in [0.15, 0.2) is 0 Å². The van der Waals surface area contributed by atoms with Crippen molar-refractivity contribution in [2.45, 2.75) is 70.8 Å². The number of hydrogen-bond donors (Lipinski definition) is 0. The third-order valence-corrected chi connectivity index (χ3v) is 4.86. The number of carbonyl (C=O) groups is 1. The second-order valence-electron chi connectivity index (χ2n) is 6.27. The Hall–Kier alpha value is -0.530. The van der Waals surface area contributed by atoms with Crippen molar-refractivity contribution in [1.29, 1.82) is 0 Å². The van der Waals surface area contributed by atoms with Gasteiger partial charge in [0.05, 0.1) is 0 Å². The maximum atomic E-state index is 12.2. The maximum Gasteiger partial charge on any atom is 0.222 e. The second kappa shape index (κ2) is 5.88.